The minimum absolute atomic E-state index is 0. The molecule has 0 saturated carbocycles. The number of ether oxygens (including phenoxy) is 1. The molecular formula is C25H28Cl2N2O3S. The lowest BCUT2D eigenvalue weighted by Gasteiger charge is -2.30. The second kappa shape index (κ2) is 11.7. The summed E-state index contributed by atoms with van der Waals surface area (Å²) in [5.74, 6) is 0.711. The van der Waals surface area contributed by atoms with Crippen molar-refractivity contribution in [1.82, 2.24) is 4.90 Å². The number of anilines is 1. The highest BCUT2D eigenvalue weighted by atomic mass is 35.5. The molecule has 3 aromatic rings. The van der Waals surface area contributed by atoms with Crippen molar-refractivity contribution in [3.05, 3.63) is 89.4 Å². The van der Waals surface area contributed by atoms with Crippen molar-refractivity contribution < 1.29 is 13.2 Å². The van der Waals surface area contributed by atoms with E-state index in [4.69, 9.17) is 16.3 Å². The predicted molar refractivity (Wildman–Crippen MR) is 136 cm³/mol. The molecule has 1 heterocycles. The first-order valence-corrected chi connectivity index (χ1v) is 12.6. The molecule has 3 aromatic carbocycles. The summed E-state index contributed by atoms with van der Waals surface area (Å²) < 4.78 is 34.6. The molecule has 0 unspecified atom stereocenters. The van der Waals surface area contributed by atoms with Gasteiger partial charge in [0.05, 0.1) is 23.7 Å². The van der Waals surface area contributed by atoms with Crippen molar-refractivity contribution >= 4 is 39.7 Å². The average Bonchev–Trinajstić information content (AvgIpc) is 2.77. The van der Waals surface area contributed by atoms with Crippen molar-refractivity contribution in [2.45, 2.75) is 24.3 Å². The van der Waals surface area contributed by atoms with Crippen LogP contribution in [0, 0.1) is 0 Å². The molecule has 0 amide bonds. The van der Waals surface area contributed by atoms with Gasteiger partial charge in [-0.1, -0.05) is 48.0 Å². The molecule has 4 rings (SSSR count). The number of para-hydroxylation sites is 2. The molecule has 0 spiro atoms. The molecule has 0 atom stereocenters. The highest BCUT2D eigenvalue weighted by molar-refractivity contribution is 7.92. The number of benzene rings is 3. The molecule has 1 saturated heterocycles. The Bertz CT molecular complexity index is 1120. The molecule has 33 heavy (non-hydrogen) atoms. The van der Waals surface area contributed by atoms with E-state index in [-0.39, 0.29) is 23.8 Å². The van der Waals surface area contributed by atoms with Gasteiger partial charge in [-0.05, 0) is 68.4 Å². The third-order valence-corrected chi connectivity index (χ3v) is 7.60. The number of halogens is 2. The van der Waals surface area contributed by atoms with E-state index in [1.807, 2.05) is 42.5 Å². The van der Waals surface area contributed by atoms with Crippen LogP contribution in [-0.4, -0.2) is 39.6 Å². The molecule has 5 nitrogen and oxygen atoms in total. The van der Waals surface area contributed by atoms with Crippen LogP contribution < -0.4 is 9.04 Å². The van der Waals surface area contributed by atoms with Gasteiger partial charge in [0.1, 0.15) is 5.75 Å². The number of likely N-dealkylation sites (tertiary alicyclic amines) is 1. The standard InChI is InChI=1S/C25H27ClN2O3S.ClH/c26-22-12-14-24(15-13-22)32(29,30)28(23-9-2-1-3-10-23)20-21-8-4-5-11-25(21)31-19-7-18-27-16-6-17-27;/h1-5,8-15H,6-7,16-20H2;1H. The summed E-state index contributed by atoms with van der Waals surface area (Å²) in [6, 6.07) is 23.0. The minimum Gasteiger partial charge on any atom is -0.493 e. The van der Waals surface area contributed by atoms with Crippen LogP contribution in [0.3, 0.4) is 0 Å². The Balaban J connectivity index is 0.00000306. The molecule has 0 N–H and O–H groups in total. The molecule has 0 radical (unpaired) electrons. The zero-order valence-corrected chi connectivity index (χ0v) is 20.7. The van der Waals surface area contributed by atoms with E-state index in [9.17, 15) is 8.42 Å². The van der Waals surface area contributed by atoms with Crippen LogP contribution in [0.2, 0.25) is 5.02 Å². The number of sulfonamides is 1. The van der Waals surface area contributed by atoms with E-state index in [1.165, 1.54) is 35.9 Å². The second-order valence-electron chi connectivity index (χ2n) is 7.81. The van der Waals surface area contributed by atoms with E-state index in [2.05, 4.69) is 4.90 Å². The molecule has 1 aliphatic heterocycles. The largest absolute Gasteiger partial charge is 0.493 e. The van der Waals surface area contributed by atoms with Gasteiger partial charge in [0.25, 0.3) is 10.0 Å². The number of hydrogen-bond acceptors (Lipinski definition) is 4. The van der Waals surface area contributed by atoms with Gasteiger partial charge >= 0.3 is 0 Å². The summed E-state index contributed by atoms with van der Waals surface area (Å²) in [5, 5.41) is 0.493. The van der Waals surface area contributed by atoms with Crippen LogP contribution in [0.4, 0.5) is 5.69 Å². The van der Waals surface area contributed by atoms with E-state index >= 15 is 0 Å². The lowest BCUT2D eigenvalue weighted by atomic mass is 10.2. The smallest absolute Gasteiger partial charge is 0.264 e. The summed E-state index contributed by atoms with van der Waals surface area (Å²) >= 11 is 5.97. The Kier molecular flexibility index (Phi) is 9.03. The number of nitrogens with zero attached hydrogens (tertiary/aromatic N) is 2. The van der Waals surface area contributed by atoms with Gasteiger partial charge in [0.2, 0.25) is 0 Å². The molecule has 176 valence electrons. The van der Waals surface area contributed by atoms with Gasteiger partial charge in [-0.3, -0.25) is 4.31 Å². The Morgan fingerprint density at radius 1 is 0.909 bits per heavy atom. The molecule has 0 bridgehead atoms. The van der Waals surface area contributed by atoms with Gasteiger partial charge in [-0.2, -0.15) is 0 Å². The van der Waals surface area contributed by atoms with Crippen LogP contribution in [0.15, 0.2) is 83.8 Å². The van der Waals surface area contributed by atoms with Gasteiger partial charge in [0, 0.05) is 17.1 Å². The summed E-state index contributed by atoms with van der Waals surface area (Å²) in [7, 11) is -3.81. The van der Waals surface area contributed by atoms with E-state index in [0.29, 0.717) is 23.1 Å². The lowest BCUT2D eigenvalue weighted by molar-refractivity contribution is 0.165. The van der Waals surface area contributed by atoms with Crippen molar-refractivity contribution in [3.8, 4) is 5.75 Å². The minimum atomic E-state index is -3.81. The Morgan fingerprint density at radius 2 is 1.58 bits per heavy atom. The van der Waals surface area contributed by atoms with E-state index in [1.54, 1.807) is 24.3 Å². The van der Waals surface area contributed by atoms with E-state index in [0.717, 1.165) is 18.5 Å². The van der Waals surface area contributed by atoms with Gasteiger partial charge in [-0.25, -0.2) is 8.42 Å². The average molecular weight is 507 g/mol. The van der Waals surface area contributed by atoms with Crippen molar-refractivity contribution in [1.29, 1.82) is 0 Å². The van der Waals surface area contributed by atoms with Crippen molar-refractivity contribution in [2.75, 3.05) is 30.5 Å². The summed E-state index contributed by atoms with van der Waals surface area (Å²) in [4.78, 5) is 2.60. The summed E-state index contributed by atoms with van der Waals surface area (Å²) in [6.07, 6.45) is 2.22. The Morgan fingerprint density at radius 3 is 2.24 bits per heavy atom. The first kappa shape index (κ1) is 25.4. The summed E-state index contributed by atoms with van der Waals surface area (Å²) in [6.45, 7) is 4.14. The fourth-order valence-corrected chi connectivity index (χ4v) is 5.22. The normalized spacial score (nSPS) is 13.6. The SMILES string of the molecule is Cl.O=S(=O)(c1ccc(Cl)cc1)N(Cc1ccccc1OCCCN1CCC1)c1ccccc1. The topological polar surface area (TPSA) is 49.9 Å². The van der Waals surface area contributed by atoms with Gasteiger partial charge < -0.3 is 9.64 Å². The highest BCUT2D eigenvalue weighted by Crippen LogP contribution is 2.29. The maximum Gasteiger partial charge on any atom is 0.264 e. The second-order valence-corrected chi connectivity index (χ2v) is 10.1. The zero-order valence-electron chi connectivity index (χ0n) is 18.3. The third kappa shape index (κ3) is 6.42. The van der Waals surface area contributed by atoms with Crippen LogP contribution in [0.25, 0.3) is 0 Å². The lowest BCUT2D eigenvalue weighted by Crippen LogP contribution is -2.38. The van der Waals surface area contributed by atoms with Crippen LogP contribution in [0.1, 0.15) is 18.4 Å². The maximum absolute atomic E-state index is 13.6. The summed E-state index contributed by atoms with van der Waals surface area (Å²) in [5.41, 5.74) is 1.41. The third-order valence-electron chi connectivity index (χ3n) is 5.56. The first-order chi connectivity index (χ1) is 15.5. The van der Waals surface area contributed by atoms with E-state index < -0.39 is 10.0 Å². The molecule has 0 aliphatic carbocycles. The molecule has 1 aliphatic rings. The van der Waals surface area contributed by atoms with Crippen LogP contribution >= 0.6 is 24.0 Å². The van der Waals surface area contributed by atoms with Crippen molar-refractivity contribution in [3.63, 3.8) is 0 Å². The molecular weight excluding hydrogens is 479 g/mol. The van der Waals surface area contributed by atoms with Crippen LogP contribution in [-0.2, 0) is 16.6 Å². The number of rotatable bonds is 10. The fraction of sp³-hybridized carbons (Fsp3) is 0.280. The van der Waals surface area contributed by atoms with Crippen molar-refractivity contribution in [2.24, 2.45) is 0 Å². The Hall–Kier alpha value is -2.25. The quantitative estimate of drug-likeness (QED) is 0.334. The zero-order chi connectivity index (χ0) is 22.4. The van der Waals surface area contributed by atoms with Gasteiger partial charge in [0.15, 0.2) is 0 Å². The molecule has 8 heteroatoms. The molecule has 1 fully saturated rings. The molecule has 0 aromatic heterocycles. The number of hydrogen-bond donors (Lipinski definition) is 0. The van der Waals surface area contributed by atoms with Gasteiger partial charge in [-0.15, -0.1) is 12.4 Å². The maximum atomic E-state index is 13.6. The first-order valence-electron chi connectivity index (χ1n) is 10.8. The van der Waals surface area contributed by atoms with Crippen LogP contribution in [0.5, 0.6) is 5.75 Å². The monoisotopic (exact) mass is 506 g/mol. The highest BCUT2D eigenvalue weighted by Gasteiger charge is 2.26. The Labute approximate surface area is 207 Å². The fourth-order valence-electron chi connectivity index (χ4n) is 3.65. The predicted octanol–water partition coefficient (Wildman–Crippen LogP) is 5.63.